The molecule has 1 aliphatic heterocycles. The van der Waals surface area contributed by atoms with E-state index in [1.165, 1.54) is 0 Å². The third-order valence-electron chi connectivity index (χ3n) is 4.49. The van der Waals surface area contributed by atoms with Crippen LogP contribution in [0.25, 0.3) is 0 Å². The lowest BCUT2D eigenvalue weighted by molar-refractivity contribution is -0.135. The topological polar surface area (TPSA) is 95.7 Å². The van der Waals surface area contributed by atoms with Crippen LogP contribution in [0.3, 0.4) is 0 Å². The van der Waals surface area contributed by atoms with Crippen LogP contribution in [0.15, 0.2) is 0 Å². The molecule has 0 aliphatic carbocycles. The maximum Gasteiger partial charge on any atom is 0.224 e. The molecule has 0 radical (unpaired) electrons. The van der Waals surface area contributed by atoms with Crippen molar-refractivity contribution in [1.82, 2.24) is 15.1 Å². The number of nitrogens with zero attached hydrogens (tertiary/aromatic N) is 2. The number of likely N-dealkylation sites (tertiary alicyclic amines) is 1. The van der Waals surface area contributed by atoms with E-state index in [0.29, 0.717) is 58.5 Å². The molecule has 25 heavy (non-hydrogen) atoms. The van der Waals surface area contributed by atoms with Crippen molar-refractivity contribution in [2.45, 2.75) is 46.0 Å². The Bertz CT molecular complexity index is 430. The van der Waals surface area contributed by atoms with Crippen molar-refractivity contribution in [2.24, 2.45) is 11.7 Å². The first-order chi connectivity index (χ1) is 11.5. The van der Waals surface area contributed by atoms with Crippen LogP contribution in [0.4, 0.5) is 0 Å². The van der Waals surface area contributed by atoms with E-state index in [0.717, 1.165) is 12.8 Å². The Morgan fingerprint density at radius 1 is 1.20 bits per heavy atom. The molecule has 1 heterocycles. The average Bonchev–Trinajstić information content (AvgIpc) is 2.60. The van der Waals surface area contributed by atoms with Crippen molar-refractivity contribution in [3.63, 3.8) is 0 Å². The summed E-state index contributed by atoms with van der Waals surface area (Å²) in [7, 11) is 0. The van der Waals surface area contributed by atoms with Gasteiger partial charge in [-0.3, -0.25) is 14.4 Å². The smallest absolute Gasteiger partial charge is 0.224 e. The van der Waals surface area contributed by atoms with Crippen molar-refractivity contribution in [3.8, 4) is 0 Å². The van der Waals surface area contributed by atoms with Gasteiger partial charge in [-0.25, -0.2) is 0 Å². The molecule has 1 unspecified atom stereocenters. The molecule has 0 saturated carbocycles. The van der Waals surface area contributed by atoms with Gasteiger partial charge in [-0.05, 0) is 33.1 Å². The van der Waals surface area contributed by atoms with Crippen molar-refractivity contribution in [2.75, 3.05) is 39.3 Å². The Kier molecular flexibility index (Phi) is 12.2. The Morgan fingerprint density at radius 2 is 1.88 bits per heavy atom. The van der Waals surface area contributed by atoms with E-state index < -0.39 is 0 Å². The number of carbonyl (C=O) groups is 3. The second-order valence-corrected chi connectivity index (χ2v) is 6.18. The molecule has 1 rings (SSSR count). The van der Waals surface area contributed by atoms with E-state index >= 15 is 0 Å². The van der Waals surface area contributed by atoms with Crippen LogP contribution in [-0.4, -0.2) is 66.8 Å². The summed E-state index contributed by atoms with van der Waals surface area (Å²) in [4.78, 5) is 39.8. The number of hydrogen-bond acceptors (Lipinski definition) is 4. The van der Waals surface area contributed by atoms with Crippen LogP contribution in [0.2, 0.25) is 0 Å². The highest BCUT2D eigenvalue weighted by Crippen LogP contribution is 2.18. The molecule has 146 valence electrons. The molecule has 1 saturated heterocycles. The summed E-state index contributed by atoms with van der Waals surface area (Å²) in [6.07, 6.45) is 2.98. The molecule has 0 bridgehead atoms. The lowest BCUT2D eigenvalue weighted by Crippen LogP contribution is -2.46. The van der Waals surface area contributed by atoms with E-state index in [4.69, 9.17) is 5.73 Å². The number of rotatable bonds is 9. The summed E-state index contributed by atoms with van der Waals surface area (Å²) in [5, 5.41) is 2.79. The maximum atomic E-state index is 12.3. The third-order valence-corrected chi connectivity index (χ3v) is 4.49. The van der Waals surface area contributed by atoms with Crippen molar-refractivity contribution in [3.05, 3.63) is 0 Å². The van der Waals surface area contributed by atoms with Gasteiger partial charge in [0.1, 0.15) is 0 Å². The normalized spacial score (nSPS) is 16.8. The minimum absolute atomic E-state index is 0. The van der Waals surface area contributed by atoms with Gasteiger partial charge in [0.15, 0.2) is 0 Å². The van der Waals surface area contributed by atoms with Crippen molar-refractivity contribution >= 4 is 30.1 Å². The fraction of sp³-hybridized carbons (Fsp3) is 0.824. The first-order valence-electron chi connectivity index (χ1n) is 9.06. The van der Waals surface area contributed by atoms with E-state index in [1.807, 2.05) is 13.8 Å². The minimum atomic E-state index is -0.147. The zero-order valence-corrected chi connectivity index (χ0v) is 16.3. The molecule has 0 aromatic heterocycles. The molecule has 1 atom stereocenters. The summed E-state index contributed by atoms with van der Waals surface area (Å²) >= 11 is 0. The summed E-state index contributed by atoms with van der Waals surface area (Å²) < 4.78 is 0. The molecule has 1 fully saturated rings. The van der Waals surface area contributed by atoms with Gasteiger partial charge in [-0.2, -0.15) is 0 Å². The number of carbonyl (C=O) groups excluding carboxylic acids is 3. The third kappa shape index (κ3) is 8.05. The molecule has 7 nitrogen and oxygen atoms in total. The van der Waals surface area contributed by atoms with Crippen LogP contribution in [-0.2, 0) is 14.4 Å². The van der Waals surface area contributed by atoms with Crippen LogP contribution in [0.5, 0.6) is 0 Å². The van der Waals surface area contributed by atoms with Gasteiger partial charge in [0.2, 0.25) is 17.7 Å². The number of amides is 3. The molecule has 0 aromatic rings. The molecule has 0 aromatic carbocycles. The lowest BCUT2D eigenvalue weighted by atomic mass is 9.96. The molecule has 1 aliphatic rings. The quantitative estimate of drug-likeness (QED) is 0.621. The monoisotopic (exact) mass is 376 g/mol. The molecule has 8 heteroatoms. The second-order valence-electron chi connectivity index (χ2n) is 6.18. The zero-order valence-electron chi connectivity index (χ0n) is 15.5. The average molecular weight is 377 g/mol. The largest absolute Gasteiger partial charge is 0.355 e. The van der Waals surface area contributed by atoms with Gasteiger partial charge < -0.3 is 20.9 Å². The standard InChI is InChI=1S/C17H32N4O3.ClH/c1-3-20(4-2)15(22)8-5-9-16(23)21-12-6-7-14(13-21)17(24)19-11-10-18;/h14H,3-13,18H2,1-2H3,(H,19,24);1H. The van der Waals surface area contributed by atoms with Gasteiger partial charge in [-0.15, -0.1) is 12.4 Å². The number of halogens is 1. The van der Waals surface area contributed by atoms with Gasteiger partial charge in [0.25, 0.3) is 0 Å². The van der Waals surface area contributed by atoms with Gasteiger partial charge in [0.05, 0.1) is 5.92 Å². The fourth-order valence-corrected chi connectivity index (χ4v) is 3.04. The molecular weight excluding hydrogens is 344 g/mol. The Morgan fingerprint density at radius 3 is 2.48 bits per heavy atom. The summed E-state index contributed by atoms with van der Waals surface area (Å²) in [5.41, 5.74) is 5.39. The van der Waals surface area contributed by atoms with Crippen LogP contribution < -0.4 is 11.1 Å². The van der Waals surface area contributed by atoms with E-state index in [1.54, 1.807) is 9.80 Å². The number of piperidine rings is 1. The number of nitrogens with one attached hydrogen (secondary N) is 1. The second kappa shape index (κ2) is 12.9. The van der Waals surface area contributed by atoms with Gasteiger partial charge >= 0.3 is 0 Å². The summed E-state index contributed by atoms with van der Waals surface area (Å²) in [5.74, 6) is -0.0228. The zero-order chi connectivity index (χ0) is 17.9. The highest BCUT2D eigenvalue weighted by molar-refractivity contribution is 5.85. The predicted molar refractivity (Wildman–Crippen MR) is 100 cm³/mol. The maximum absolute atomic E-state index is 12.3. The first-order valence-corrected chi connectivity index (χ1v) is 9.06. The fourth-order valence-electron chi connectivity index (χ4n) is 3.04. The van der Waals surface area contributed by atoms with E-state index in [-0.39, 0.29) is 36.0 Å². The van der Waals surface area contributed by atoms with Crippen molar-refractivity contribution < 1.29 is 14.4 Å². The van der Waals surface area contributed by atoms with E-state index in [2.05, 4.69) is 5.32 Å². The van der Waals surface area contributed by atoms with Crippen LogP contribution >= 0.6 is 12.4 Å². The van der Waals surface area contributed by atoms with Gasteiger partial charge in [-0.1, -0.05) is 0 Å². The highest BCUT2D eigenvalue weighted by Gasteiger charge is 2.28. The van der Waals surface area contributed by atoms with Crippen LogP contribution in [0, 0.1) is 5.92 Å². The summed E-state index contributed by atoms with van der Waals surface area (Å²) in [6.45, 7) is 7.37. The highest BCUT2D eigenvalue weighted by atomic mass is 35.5. The molecule has 3 amide bonds. The summed E-state index contributed by atoms with van der Waals surface area (Å²) in [6, 6.07) is 0. The molecule has 3 N–H and O–H groups in total. The SMILES string of the molecule is CCN(CC)C(=O)CCCC(=O)N1CCCC(C(=O)NCCN)C1.Cl. The Hall–Kier alpha value is -1.34. The Balaban J connectivity index is 0.00000576. The van der Waals surface area contributed by atoms with Crippen LogP contribution in [0.1, 0.15) is 46.0 Å². The van der Waals surface area contributed by atoms with Gasteiger partial charge in [0, 0.05) is 52.1 Å². The van der Waals surface area contributed by atoms with Crippen molar-refractivity contribution in [1.29, 1.82) is 0 Å². The predicted octanol–water partition coefficient (Wildman–Crippen LogP) is 0.760. The number of nitrogens with two attached hydrogens (primary N) is 1. The lowest BCUT2D eigenvalue weighted by Gasteiger charge is -2.32. The molecule has 0 spiro atoms. The Labute approximate surface area is 157 Å². The first kappa shape index (κ1) is 23.7. The molecular formula is C17H33ClN4O3. The van der Waals surface area contributed by atoms with E-state index in [9.17, 15) is 14.4 Å². The minimum Gasteiger partial charge on any atom is -0.355 e. The number of hydrogen-bond donors (Lipinski definition) is 2.